The molecule has 19 heavy (non-hydrogen) atoms. The van der Waals surface area contributed by atoms with Crippen LogP contribution in [0.3, 0.4) is 0 Å². The van der Waals surface area contributed by atoms with E-state index < -0.39 is 6.10 Å². The van der Waals surface area contributed by atoms with Gasteiger partial charge in [0.05, 0.1) is 16.2 Å². The third-order valence-corrected chi connectivity index (χ3v) is 3.23. The van der Waals surface area contributed by atoms with Crippen LogP contribution >= 0.6 is 11.6 Å². The van der Waals surface area contributed by atoms with Crippen LogP contribution in [0, 0.1) is 0 Å². The summed E-state index contributed by atoms with van der Waals surface area (Å²) in [7, 11) is 0. The number of hydrogen-bond acceptors (Lipinski definition) is 3. The highest BCUT2D eigenvalue weighted by molar-refractivity contribution is 6.30. The van der Waals surface area contributed by atoms with Gasteiger partial charge in [0, 0.05) is 17.8 Å². The van der Waals surface area contributed by atoms with Crippen LogP contribution in [0.4, 0.5) is 0 Å². The van der Waals surface area contributed by atoms with E-state index in [1.807, 2.05) is 30.3 Å². The zero-order valence-electron chi connectivity index (χ0n) is 9.99. The Hall–Kier alpha value is -1.97. The van der Waals surface area contributed by atoms with Crippen LogP contribution in [0.15, 0.2) is 54.9 Å². The number of rotatable bonds is 2. The van der Waals surface area contributed by atoms with Gasteiger partial charge in [-0.3, -0.25) is 9.97 Å². The number of halogens is 1. The number of aromatic nitrogens is 2. The van der Waals surface area contributed by atoms with Crippen LogP contribution in [-0.2, 0) is 0 Å². The summed E-state index contributed by atoms with van der Waals surface area (Å²) in [5.74, 6) is 0. The molecule has 0 saturated carbocycles. The van der Waals surface area contributed by atoms with Gasteiger partial charge in [0.1, 0.15) is 6.10 Å². The molecule has 4 heteroatoms. The van der Waals surface area contributed by atoms with Crippen molar-refractivity contribution in [1.29, 1.82) is 0 Å². The lowest BCUT2D eigenvalue weighted by molar-refractivity contribution is 0.217. The van der Waals surface area contributed by atoms with Gasteiger partial charge >= 0.3 is 0 Å². The third kappa shape index (κ3) is 2.30. The van der Waals surface area contributed by atoms with Gasteiger partial charge in [-0.15, -0.1) is 0 Å². The first-order valence-corrected chi connectivity index (χ1v) is 6.26. The van der Waals surface area contributed by atoms with Crippen LogP contribution in [-0.4, -0.2) is 15.1 Å². The Bertz CT molecular complexity index is 707. The average molecular weight is 271 g/mol. The van der Waals surface area contributed by atoms with E-state index >= 15 is 0 Å². The molecule has 1 aromatic carbocycles. The lowest BCUT2D eigenvalue weighted by Crippen LogP contribution is -2.03. The molecule has 0 fully saturated rings. The maximum atomic E-state index is 10.4. The predicted octanol–water partition coefficient (Wildman–Crippen LogP) is 3.36. The van der Waals surface area contributed by atoms with Crippen molar-refractivity contribution in [2.75, 3.05) is 0 Å². The Morgan fingerprint density at radius 2 is 1.89 bits per heavy atom. The fraction of sp³-hybridized carbons (Fsp3) is 0.0667. The fourth-order valence-electron chi connectivity index (χ4n) is 2.07. The average Bonchev–Trinajstić information content (AvgIpc) is 2.47. The number of aliphatic hydroxyl groups excluding tert-OH is 1. The van der Waals surface area contributed by atoms with E-state index in [4.69, 9.17) is 11.6 Å². The zero-order valence-corrected chi connectivity index (χ0v) is 10.7. The van der Waals surface area contributed by atoms with Crippen molar-refractivity contribution in [2.45, 2.75) is 6.10 Å². The molecule has 0 aliphatic carbocycles. The van der Waals surface area contributed by atoms with Gasteiger partial charge in [-0.25, -0.2) is 0 Å². The van der Waals surface area contributed by atoms with Crippen molar-refractivity contribution in [2.24, 2.45) is 0 Å². The summed E-state index contributed by atoms with van der Waals surface area (Å²) in [5.41, 5.74) is 2.22. The van der Waals surface area contributed by atoms with Crippen LogP contribution in [0.2, 0.25) is 5.02 Å². The first kappa shape index (κ1) is 12.1. The van der Waals surface area contributed by atoms with E-state index in [-0.39, 0.29) is 0 Å². The lowest BCUT2D eigenvalue weighted by Gasteiger charge is -2.13. The minimum absolute atomic E-state index is 0.551. The Labute approximate surface area is 115 Å². The maximum Gasteiger partial charge on any atom is 0.122 e. The summed E-state index contributed by atoms with van der Waals surface area (Å²) in [6.45, 7) is 0. The first-order valence-electron chi connectivity index (χ1n) is 5.89. The minimum Gasteiger partial charge on any atom is -0.382 e. The summed E-state index contributed by atoms with van der Waals surface area (Å²) in [4.78, 5) is 8.44. The third-order valence-electron chi connectivity index (χ3n) is 3.00. The highest BCUT2D eigenvalue weighted by Gasteiger charge is 2.14. The normalized spacial score (nSPS) is 12.5. The van der Waals surface area contributed by atoms with Crippen LogP contribution in [0.25, 0.3) is 10.9 Å². The van der Waals surface area contributed by atoms with Crippen LogP contribution < -0.4 is 0 Å². The van der Waals surface area contributed by atoms with Crippen LogP contribution in [0.5, 0.6) is 0 Å². The number of fused-ring (bicyclic) bond motifs is 1. The van der Waals surface area contributed by atoms with Crippen molar-refractivity contribution in [1.82, 2.24) is 9.97 Å². The molecule has 94 valence electrons. The molecule has 3 aromatic rings. The van der Waals surface area contributed by atoms with Crippen molar-refractivity contribution in [3.8, 4) is 0 Å². The first-order chi connectivity index (χ1) is 9.25. The molecule has 0 aliphatic rings. The van der Waals surface area contributed by atoms with Gasteiger partial charge in [0.25, 0.3) is 0 Å². The summed E-state index contributed by atoms with van der Waals surface area (Å²) < 4.78 is 0. The number of pyridine rings is 2. The zero-order chi connectivity index (χ0) is 13.2. The van der Waals surface area contributed by atoms with Gasteiger partial charge < -0.3 is 5.11 Å². The molecule has 3 rings (SSSR count). The Morgan fingerprint density at radius 3 is 2.68 bits per heavy atom. The van der Waals surface area contributed by atoms with Crippen molar-refractivity contribution in [3.63, 3.8) is 0 Å². The highest BCUT2D eigenvalue weighted by Crippen LogP contribution is 2.27. The van der Waals surface area contributed by atoms with E-state index in [0.717, 1.165) is 16.5 Å². The summed E-state index contributed by atoms with van der Waals surface area (Å²) in [5, 5.41) is 11.9. The Balaban J connectivity index is 2.11. The molecule has 3 nitrogen and oxygen atoms in total. The maximum absolute atomic E-state index is 10.4. The number of nitrogens with zero attached hydrogens (tertiary/aromatic N) is 2. The van der Waals surface area contributed by atoms with Gasteiger partial charge in [-0.2, -0.15) is 0 Å². The standard InChI is InChI=1S/C15H11ClN2O/c16-10-6-7-14(18-9-10)15(19)12-3-1-5-13-11(12)4-2-8-17-13/h1-9,15,19H. The number of benzene rings is 1. The summed E-state index contributed by atoms with van der Waals surface area (Å²) in [6, 6.07) is 12.9. The van der Waals surface area contributed by atoms with E-state index in [1.165, 1.54) is 6.20 Å². The molecular formula is C15H11ClN2O. The van der Waals surface area contributed by atoms with Gasteiger partial charge in [-0.1, -0.05) is 29.8 Å². The monoisotopic (exact) mass is 270 g/mol. The summed E-state index contributed by atoms with van der Waals surface area (Å²) >= 11 is 5.80. The van der Waals surface area contributed by atoms with E-state index in [1.54, 1.807) is 18.3 Å². The van der Waals surface area contributed by atoms with E-state index in [9.17, 15) is 5.11 Å². The second-order valence-corrected chi connectivity index (χ2v) is 4.66. The Kier molecular flexibility index (Phi) is 3.15. The van der Waals surface area contributed by atoms with Crippen molar-refractivity contribution in [3.05, 3.63) is 71.1 Å². The van der Waals surface area contributed by atoms with Crippen molar-refractivity contribution >= 4 is 22.5 Å². The quantitative estimate of drug-likeness (QED) is 0.777. The summed E-state index contributed by atoms with van der Waals surface area (Å²) in [6.07, 6.45) is 2.48. The molecule has 1 unspecified atom stereocenters. The van der Waals surface area contributed by atoms with Crippen molar-refractivity contribution < 1.29 is 5.11 Å². The molecule has 0 bridgehead atoms. The van der Waals surface area contributed by atoms with E-state index in [2.05, 4.69) is 9.97 Å². The predicted molar refractivity (Wildman–Crippen MR) is 75.1 cm³/mol. The molecule has 0 spiro atoms. The lowest BCUT2D eigenvalue weighted by atomic mass is 10.0. The second-order valence-electron chi connectivity index (χ2n) is 4.22. The molecule has 1 N–H and O–H groups in total. The fourth-order valence-corrected chi connectivity index (χ4v) is 2.19. The van der Waals surface area contributed by atoms with E-state index in [0.29, 0.717) is 10.7 Å². The molecule has 0 amide bonds. The molecule has 1 atom stereocenters. The topological polar surface area (TPSA) is 46.0 Å². The Morgan fingerprint density at radius 1 is 1.00 bits per heavy atom. The molecule has 0 radical (unpaired) electrons. The highest BCUT2D eigenvalue weighted by atomic mass is 35.5. The molecule has 2 heterocycles. The number of aliphatic hydroxyl groups is 1. The smallest absolute Gasteiger partial charge is 0.122 e. The molecule has 0 saturated heterocycles. The molecular weight excluding hydrogens is 260 g/mol. The molecule has 2 aromatic heterocycles. The van der Waals surface area contributed by atoms with Gasteiger partial charge in [0.15, 0.2) is 0 Å². The van der Waals surface area contributed by atoms with Gasteiger partial charge in [0.2, 0.25) is 0 Å². The SMILES string of the molecule is OC(c1ccc(Cl)cn1)c1cccc2ncccc12. The largest absolute Gasteiger partial charge is 0.382 e. The van der Waals surface area contributed by atoms with Crippen LogP contribution in [0.1, 0.15) is 17.4 Å². The second kappa shape index (κ2) is 4.96. The molecule has 0 aliphatic heterocycles. The van der Waals surface area contributed by atoms with Gasteiger partial charge in [-0.05, 0) is 29.8 Å². The number of hydrogen-bond donors (Lipinski definition) is 1. The minimum atomic E-state index is -0.787.